The van der Waals surface area contributed by atoms with Gasteiger partial charge in [0.25, 0.3) is 11.7 Å². The van der Waals surface area contributed by atoms with E-state index < -0.39 is 23.5 Å². The maximum atomic E-state index is 13.3. The highest BCUT2D eigenvalue weighted by atomic mass is 35.5. The lowest BCUT2D eigenvalue weighted by molar-refractivity contribution is -0.132. The highest BCUT2D eigenvalue weighted by Gasteiger charge is 2.48. The van der Waals surface area contributed by atoms with Crippen molar-refractivity contribution in [1.82, 2.24) is 0 Å². The molecule has 2 heterocycles. The monoisotopic (exact) mass is 496 g/mol. The Kier molecular flexibility index (Phi) is 6.52. The average molecular weight is 497 g/mol. The van der Waals surface area contributed by atoms with E-state index in [0.29, 0.717) is 17.1 Å². The van der Waals surface area contributed by atoms with Crippen molar-refractivity contribution in [3.63, 3.8) is 0 Å². The summed E-state index contributed by atoms with van der Waals surface area (Å²) in [7, 11) is 2.81. The minimum atomic E-state index is -1.09. The van der Waals surface area contributed by atoms with E-state index in [-0.39, 0.29) is 33.6 Å². The Labute approximate surface area is 205 Å². The predicted molar refractivity (Wildman–Crippen MR) is 129 cm³/mol. The van der Waals surface area contributed by atoms with Crippen LogP contribution in [0, 0.1) is 0 Å². The van der Waals surface area contributed by atoms with Gasteiger partial charge in [-0.15, -0.1) is 0 Å². The Balaban J connectivity index is 1.93. The number of carbonyl (C=O) groups excluding carboxylic acids is 3. The number of furan rings is 1. The lowest BCUT2D eigenvalue weighted by atomic mass is 9.98. The van der Waals surface area contributed by atoms with Crippen LogP contribution in [0.4, 0.5) is 11.4 Å². The van der Waals surface area contributed by atoms with Gasteiger partial charge in [0.05, 0.1) is 36.6 Å². The van der Waals surface area contributed by atoms with Gasteiger partial charge in [0.1, 0.15) is 29.1 Å². The van der Waals surface area contributed by atoms with Crippen molar-refractivity contribution in [1.29, 1.82) is 0 Å². The van der Waals surface area contributed by atoms with Gasteiger partial charge in [-0.2, -0.15) is 0 Å². The standard InChI is InChI=1S/C25H21ClN2O7/c1-13(29)27-14-6-4-7-15(10-14)28-22(18-8-5-9-35-18)21(24(31)25(28)32)23(30)16-11-17(26)20(34-3)12-19(16)33-2/h4-12,22,30H,1-3H3,(H,27,29)/b23-21-. The normalized spacial score (nSPS) is 16.9. The van der Waals surface area contributed by atoms with Gasteiger partial charge in [-0.05, 0) is 36.4 Å². The summed E-state index contributed by atoms with van der Waals surface area (Å²) in [6, 6.07) is 11.4. The molecule has 1 saturated heterocycles. The Hall–Kier alpha value is -4.24. The van der Waals surface area contributed by atoms with Crippen molar-refractivity contribution < 1.29 is 33.4 Å². The summed E-state index contributed by atoms with van der Waals surface area (Å²) in [6.45, 7) is 1.36. The second-order valence-corrected chi connectivity index (χ2v) is 8.01. The van der Waals surface area contributed by atoms with E-state index in [2.05, 4.69) is 5.32 Å². The molecule has 35 heavy (non-hydrogen) atoms. The number of benzene rings is 2. The smallest absolute Gasteiger partial charge is 0.300 e. The molecular weight excluding hydrogens is 476 g/mol. The van der Waals surface area contributed by atoms with Gasteiger partial charge in [0, 0.05) is 24.4 Å². The summed E-state index contributed by atoms with van der Waals surface area (Å²) in [6.07, 6.45) is 1.40. The van der Waals surface area contributed by atoms with Crippen molar-refractivity contribution in [3.8, 4) is 11.5 Å². The summed E-state index contributed by atoms with van der Waals surface area (Å²) in [5.74, 6) is -1.87. The second-order valence-electron chi connectivity index (χ2n) is 7.60. The number of carbonyl (C=O) groups is 3. The van der Waals surface area contributed by atoms with Crippen molar-refractivity contribution in [2.45, 2.75) is 13.0 Å². The molecule has 0 radical (unpaired) electrons. The zero-order valence-electron chi connectivity index (χ0n) is 19.0. The Morgan fingerprint density at radius 3 is 2.46 bits per heavy atom. The molecule has 1 unspecified atom stereocenters. The van der Waals surface area contributed by atoms with Crippen LogP contribution >= 0.6 is 11.6 Å². The van der Waals surface area contributed by atoms with Crippen LogP contribution in [0.5, 0.6) is 11.5 Å². The van der Waals surface area contributed by atoms with Crippen molar-refractivity contribution in [2.75, 3.05) is 24.4 Å². The molecule has 1 aromatic heterocycles. The van der Waals surface area contributed by atoms with E-state index in [0.717, 1.165) is 0 Å². The number of nitrogens with one attached hydrogen (secondary N) is 1. The summed E-state index contributed by atoms with van der Waals surface area (Å²) in [4.78, 5) is 39.2. The number of halogens is 1. The van der Waals surface area contributed by atoms with Gasteiger partial charge in [0.2, 0.25) is 5.91 Å². The molecule has 2 N–H and O–H groups in total. The third-order valence-corrected chi connectivity index (χ3v) is 5.73. The summed E-state index contributed by atoms with van der Waals surface area (Å²) in [5.41, 5.74) is 0.631. The number of anilines is 2. The molecule has 2 aromatic carbocycles. The molecule has 0 bridgehead atoms. The molecule has 3 aromatic rings. The number of methoxy groups -OCH3 is 2. The van der Waals surface area contributed by atoms with E-state index in [1.165, 1.54) is 44.4 Å². The molecule has 180 valence electrons. The third-order valence-electron chi connectivity index (χ3n) is 5.43. The van der Waals surface area contributed by atoms with Gasteiger partial charge in [0.15, 0.2) is 0 Å². The summed E-state index contributed by atoms with van der Waals surface area (Å²) < 4.78 is 16.1. The Bertz CT molecular complexity index is 1350. The number of rotatable bonds is 6. The van der Waals surface area contributed by atoms with E-state index in [4.69, 9.17) is 25.5 Å². The number of hydrogen-bond donors (Lipinski definition) is 2. The molecule has 2 amide bonds. The third kappa shape index (κ3) is 4.33. The topological polar surface area (TPSA) is 118 Å². The number of Topliss-reactive ketones (excluding diaryl/α,β-unsaturated/α-hetero) is 1. The first-order chi connectivity index (χ1) is 16.8. The zero-order chi connectivity index (χ0) is 25.3. The number of aliphatic hydroxyl groups excluding tert-OH is 1. The molecule has 4 rings (SSSR count). The van der Waals surface area contributed by atoms with Crippen LogP contribution in [0.15, 0.2) is 64.8 Å². The molecule has 9 nitrogen and oxygen atoms in total. The molecule has 0 aliphatic carbocycles. The van der Waals surface area contributed by atoms with Gasteiger partial charge in [-0.1, -0.05) is 17.7 Å². The first-order valence-corrected chi connectivity index (χ1v) is 10.8. The average Bonchev–Trinajstić information content (AvgIpc) is 3.45. The van der Waals surface area contributed by atoms with Crippen molar-refractivity contribution in [2.24, 2.45) is 0 Å². The van der Waals surface area contributed by atoms with Crippen LogP contribution in [0.25, 0.3) is 5.76 Å². The quantitative estimate of drug-likeness (QED) is 0.292. The molecule has 0 spiro atoms. The number of ether oxygens (including phenoxy) is 2. The molecule has 10 heteroatoms. The van der Waals surface area contributed by atoms with Gasteiger partial charge < -0.3 is 24.3 Å². The first-order valence-electron chi connectivity index (χ1n) is 10.4. The van der Waals surface area contributed by atoms with Crippen LogP contribution in [0.2, 0.25) is 5.02 Å². The molecule has 1 atom stereocenters. The SMILES string of the molecule is COc1cc(OC)c(/C(O)=C2/C(=O)C(=O)N(c3cccc(NC(C)=O)c3)C2c2ccco2)cc1Cl. The fraction of sp³-hybridized carbons (Fsp3) is 0.160. The lowest BCUT2D eigenvalue weighted by Gasteiger charge is -2.24. The number of amides is 2. The Morgan fingerprint density at radius 1 is 1.09 bits per heavy atom. The van der Waals surface area contributed by atoms with Crippen LogP contribution in [-0.2, 0) is 14.4 Å². The first kappa shape index (κ1) is 23.9. The molecule has 1 aliphatic heterocycles. The number of aliphatic hydroxyl groups is 1. The van der Waals surface area contributed by atoms with Crippen LogP contribution in [0.3, 0.4) is 0 Å². The molecular formula is C25H21ClN2O7. The minimum Gasteiger partial charge on any atom is -0.507 e. The maximum absolute atomic E-state index is 13.3. The minimum absolute atomic E-state index is 0.0971. The fourth-order valence-electron chi connectivity index (χ4n) is 3.94. The number of hydrogen-bond acceptors (Lipinski definition) is 7. The molecule has 0 saturated carbocycles. The lowest BCUT2D eigenvalue weighted by Crippen LogP contribution is -2.29. The molecule has 1 aliphatic rings. The van der Waals surface area contributed by atoms with Gasteiger partial charge in [-0.3, -0.25) is 19.3 Å². The number of nitrogens with zero attached hydrogens (tertiary/aromatic N) is 1. The van der Waals surface area contributed by atoms with Crippen molar-refractivity contribution >= 4 is 46.3 Å². The van der Waals surface area contributed by atoms with Crippen LogP contribution in [-0.4, -0.2) is 36.9 Å². The zero-order valence-corrected chi connectivity index (χ0v) is 19.8. The van der Waals surface area contributed by atoms with Crippen molar-refractivity contribution in [3.05, 3.63) is 76.7 Å². The summed E-state index contributed by atoms with van der Waals surface area (Å²) >= 11 is 6.26. The van der Waals surface area contributed by atoms with Gasteiger partial charge in [-0.25, -0.2) is 0 Å². The fourth-order valence-corrected chi connectivity index (χ4v) is 4.18. The Morgan fingerprint density at radius 2 is 1.83 bits per heavy atom. The highest BCUT2D eigenvalue weighted by Crippen LogP contribution is 2.45. The highest BCUT2D eigenvalue weighted by molar-refractivity contribution is 6.51. The van der Waals surface area contributed by atoms with E-state index in [9.17, 15) is 19.5 Å². The number of ketones is 1. The van der Waals surface area contributed by atoms with E-state index in [1.54, 1.807) is 36.4 Å². The van der Waals surface area contributed by atoms with E-state index >= 15 is 0 Å². The summed E-state index contributed by atoms with van der Waals surface area (Å²) in [5, 5.41) is 14.1. The largest absolute Gasteiger partial charge is 0.507 e. The maximum Gasteiger partial charge on any atom is 0.300 e. The van der Waals surface area contributed by atoms with Crippen LogP contribution < -0.4 is 19.7 Å². The van der Waals surface area contributed by atoms with Crippen LogP contribution in [0.1, 0.15) is 24.3 Å². The van der Waals surface area contributed by atoms with Gasteiger partial charge >= 0.3 is 0 Å². The second kappa shape index (κ2) is 9.55. The molecule has 1 fully saturated rings. The van der Waals surface area contributed by atoms with E-state index in [1.807, 2.05) is 0 Å². The predicted octanol–water partition coefficient (Wildman–Crippen LogP) is 4.53.